The Bertz CT molecular complexity index is 774. The van der Waals surface area contributed by atoms with Crippen LogP contribution in [-0.4, -0.2) is 13.3 Å². The van der Waals surface area contributed by atoms with E-state index >= 15 is 0 Å². The van der Waals surface area contributed by atoms with Gasteiger partial charge in [-0.15, -0.1) is 11.3 Å². The molecule has 1 aromatic heterocycles. The van der Waals surface area contributed by atoms with E-state index in [-0.39, 0.29) is 0 Å². The number of halogens is 1. The zero-order valence-corrected chi connectivity index (χ0v) is 14.6. The lowest BCUT2D eigenvalue weighted by molar-refractivity contribution is 0.414. The maximum absolute atomic E-state index is 9.45. The van der Waals surface area contributed by atoms with E-state index in [9.17, 15) is 5.26 Å². The van der Waals surface area contributed by atoms with Gasteiger partial charge in [-0.25, -0.2) is 4.99 Å². The molecular weight excluding hydrogens is 360 g/mol. The van der Waals surface area contributed by atoms with Gasteiger partial charge in [0.15, 0.2) is 0 Å². The number of ether oxygens (including phenoxy) is 1. The van der Waals surface area contributed by atoms with Gasteiger partial charge >= 0.3 is 0 Å². The molecule has 0 saturated heterocycles. The molecule has 0 aliphatic heterocycles. The van der Waals surface area contributed by atoms with E-state index in [2.05, 4.69) is 27.0 Å². The van der Waals surface area contributed by atoms with Crippen molar-refractivity contribution in [1.29, 1.82) is 5.26 Å². The molecule has 2 aromatic rings. The Morgan fingerprint density at radius 2 is 2.18 bits per heavy atom. The van der Waals surface area contributed by atoms with E-state index in [1.54, 1.807) is 24.7 Å². The first-order valence-corrected chi connectivity index (χ1v) is 8.76. The molecule has 0 bridgehead atoms. The summed E-state index contributed by atoms with van der Waals surface area (Å²) in [6, 6.07) is 8.09. The van der Waals surface area contributed by atoms with E-state index in [1.165, 1.54) is 23.3 Å². The molecule has 0 radical (unpaired) electrons. The van der Waals surface area contributed by atoms with Crippen LogP contribution < -0.4 is 4.74 Å². The number of nitriles is 1. The first-order valence-electron chi connectivity index (χ1n) is 7.15. The number of methoxy groups -OCH3 is 1. The van der Waals surface area contributed by atoms with Gasteiger partial charge in [-0.3, -0.25) is 0 Å². The minimum atomic E-state index is 0.759. The second kappa shape index (κ2) is 6.64. The molecule has 0 fully saturated rings. The van der Waals surface area contributed by atoms with Crippen LogP contribution in [0.1, 0.15) is 34.4 Å². The van der Waals surface area contributed by atoms with Crippen LogP contribution in [-0.2, 0) is 12.8 Å². The van der Waals surface area contributed by atoms with Crippen molar-refractivity contribution in [3.05, 3.63) is 44.2 Å². The summed E-state index contributed by atoms with van der Waals surface area (Å²) in [7, 11) is 1.64. The summed E-state index contributed by atoms with van der Waals surface area (Å²) in [5.41, 5.74) is 2.92. The van der Waals surface area contributed by atoms with Crippen LogP contribution in [0.5, 0.6) is 5.75 Å². The van der Waals surface area contributed by atoms with Crippen LogP contribution in [0.2, 0.25) is 0 Å². The van der Waals surface area contributed by atoms with E-state index in [1.807, 2.05) is 18.2 Å². The second-order valence-corrected chi connectivity index (χ2v) is 7.09. The topological polar surface area (TPSA) is 45.4 Å². The Hall–Kier alpha value is -1.64. The van der Waals surface area contributed by atoms with Crippen molar-refractivity contribution in [3.63, 3.8) is 0 Å². The normalized spacial score (nSPS) is 13.9. The van der Waals surface area contributed by atoms with Gasteiger partial charge < -0.3 is 4.74 Å². The minimum Gasteiger partial charge on any atom is -0.497 e. The molecule has 0 saturated carbocycles. The number of fused-ring (bicyclic) bond motifs is 1. The number of aliphatic imine (C=N–C) groups is 1. The number of nitrogens with zero attached hydrogens (tertiary/aromatic N) is 2. The first kappa shape index (κ1) is 15.3. The van der Waals surface area contributed by atoms with Gasteiger partial charge in [0.1, 0.15) is 16.8 Å². The average Bonchev–Trinajstić information content (AvgIpc) is 2.91. The highest BCUT2D eigenvalue weighted by molar-refractivity contribution is 9.10. The summed E-state index contributed by atoms with van der Waals surface area (Å²) >= 11 is 5.17. The molecule has 22 heavy (non-hydrogen) atoms. The van der Waals surface area contributed by atoms with Crippen molar-refractivity contribution in [3.8, 4) is 11.8 Å². The summed E-state index contributed by atoms with van der Waals surface area (Å²) in [4.78, 5) is 5.91. The van der Waals surface area contributed by atoms with Crippen LogP contribution in [0.3, 0.4) is 0 Å². The third-order valence-corrected chi connectivity index (χ3v) is 5.71. The molecular formula is C17H15BrN2OS. The number of hydrogen-bond donors (Lipinski definition) is 0. The Balaban J connectivity index is 1.96. The van der Waals surface area contributed by atoms with Crippen LogP contribution in [0.4, 0.5) is 5.00 Å². The number of hydrogen-bond acceptors (Lipinski definition) is 4. The molecule has 5 heteroatoms. The molecule has 0 amide bonds. The van der Waals surface area contributed by atoms with Gasteiger partial charge in [-0.2, -0.15) is 5.26 Å². The molecule has 1 aromatic carbocycles. The number of aryl methyl sites for hydroxylation is 1. The summed E-state index contributed by atoms with van der Waals surface area (Å²) in [5.74, 6) is 0.788. The molecule has 0 atom stereocenters. The molecule has 3 nitrogen and oxygen atoms in total. The Labute approximate surface area is 142 Å². The molecule has 112 valence electrons. The van der Waals surface area contributed by atoms with Crippen molar-refractivity contribution in [2.24, 2.45) is 4.99 Å². The second-order valence-electron chi connectivity index (χ2n) is 5.15. The van der Waals surface area contributed by atoms with Gasteiger partial charge in [-0.05, 0) is 49.4 Å². The summed E-state index contributed by atoms with van der Waals surface area (Å²) in [5, 5.41) is 10.3. The first-order chi connectivity index (χ1) is 10.7. The van der Waals surface area contributed by atoms with Crippen molar-refractivity contribution >= 4 is 38.5 Å². The molecule has 1 aliphatic carbocycles. The van der Waals surface area contributed by atoms with Crippen LogP contribution in [0, 0.1) is 11.3 Å². The fourth-order valence-corrected chi connectivity index (χ4v) is 4.17. The predicted octanol–water partition coefficient (Wildman–Crippen LogP) is 5.02. The zero-order chi connectivity index (χ0) is 15.5. The van der Waals surface area contributed by atoms with Crippen molar-refractivity contribution in [2.45, 2.75) is 25.7 Å². The fourth-order valence-electron chi connectivity index (χ4n) is 2.63. The van der Waals surface area contributed by atoms with Gasteiger partial charge in [-0.1, -0.05) is 15.9 Å². The summed E-state index contributed by atoms with van der Waals surface area (Å²) in [6.45, 7) is 0. The molecule has 3 rings (SSSR count). The zero-order valence-electron chi connectivity index (χ0n) is 12.2. The largest absolute Gasteiger partial charge is 0.497 e. The maximum atomic E-state index is 9.45. The van der Waals surface area contributed by atoms with Crippen molar-refractivity contribution < 1.29 is 4.74 Å². The summed E-state index contributed by atoms with van der Waals surface area (Å²) in [6.07, 6.45) is 6.26. The smallest absolute Gasteiger partial charge is 0.134 e. The highest BCUT2D eigenvalue weighted by Gasteiger charge is 2.20. The molecule has 1 heterocycles. The van der Waals surface area contributed by atoms with Crippen LogP contribution >= 0.6 is 27.3 Å². The lowest BCUT2D eigenvalue weighted by Crippen LogP contribution is -1.99. The number of thiophene rings is 1. The third kappa shape index (κ3) is 2.94. The molecule has 0 spiro atoms. The van der Waals surface area contributed by atoms with Gasteiger partial charge in [0.25, 0.3) is 0 Å². The van der Waals surface area contributed by atoms with E-state index in [0.29, 0.717) is 0 Å². The lowest BCUT2D eigenvalue weighted by Gasteiger charge is -2.09. The lowest BCUT2D eigenvalue weighted by atomic mass is 9.96. The highest BCUT2D eigenvalue weighted by Crippen LogP contribution is 2.39. The SMILES string of the molecule is COc1ccc(Br)c(C=Nc2sc3c(c2C#N)CCCC3)c1. The third-order valence-electron chi connectivity index (χ3n) is 3.79. The fraction of sp³-hybridized carbons (Fsp3) is 0.294. The van der Waals surface area contributed by atoms with Gasteiger partial charge in [0.05, 0.1) is 12.7 Å². The Morgan fingerprint density at radius 3 is 2.95 bits per heavy atom. The van der Waals surface area contributed by atoms with Gasteiger partial charge in [0.2, 0.25) is 0 Å². The van der Waals surface area contributed by atoms with Gasteiger partial charge in [0, 0.05) is 21.1 Å². The van der Waals surface area contributed by atoms with Crippen LogP contribution in [0.25, 0.3) is 0 Å². The van der Waals surface area contributed by atoms with Crippen molar-refractivity contribution in [2.75, 3.05) is 7.11 Å². The maximum Gasteiger partial charge on any atom is 0.134 e. The van der Waals surface area contributed by atoms with Crippen molar-refractivity contribution in [1.82, 2.24) is 0 Å². The van der Waals surface area contributed by atoms with E-state index in [4.69, 9.17) is 4.74 Å². The van der Waals surface area contributed by atoms with Crippen LogP contribution in [0.15, 0.2) is 27.7 Å². The van der Waals surface area contributed by atoms with E-state index in [0.717, 1.165) is 39.2 Å². The highest BCUT2D eigenvalue weighted by atomic mass is 79.9. The number of rotatable bonds is 3. The average molecular weight is 375 g/mol. The number of benzene rings is 1. The Morgan fingerprint density at radius 1 is 1.36 bits per heavy atom. The monoisotopic (exact) mass is 374 g/mol. The molecule has 0 N–H and O–H groups in total. The van der Waals surface area contributed by atoms with E-state index < -0.39 is 0 Å². The quantitative estimate of drug-likeness (QED) is 0.707. The molecule has 1 aliphatic rings. The summed E-state index contributed by atoms with van der Waals surface area (Å²) < 4.78 is 6.20. The molecule has 0 unspecified atom stereocenters. The Kier molecular flexibility index (Phi) is 4.60. The standard InChI is InChI=1S/C17H15BrN2OS/c1-21-12-6-7-15(18)11(8-12)10-20-17-14(9-19)13-4-2-3-5-16(13)22-17/h6-8,10H,2-5H2,1H3. The minimum absolute atomic E-state index is 0.759. The predicted molar refractivity (Wildman–Crippen MR) is 93.6 cm³/mol.